The van der Waals surface area contributed by atoms with Crippen molar-refractivity contribution in [2.45, 2.75) is 20.3 Å². The molecular formula is C18H21ClN2O. The number of amides is 2. The Labute approximate surface area is 136 Å². The summed E-state index contributed by atoms with van der Waals surface area (Å²) in [6.45, 7) is 5.23. The zero-order chi connectivity index (χ0) is 15.9. The van der Waals surface area contributed by atoms with Gasteiger partial charge in [-0.1, -0.05) is 35.9 Å². The topological polar surface area (TPSA) is 32.3 Å². The highest BCUT2D eigenvalue weighted by Crippen LogP contribution is 2.15. The molecule has 0 radical (unpaired) electrons. The number of hydrogen-bond donors (Lipinski definition) is 1. The molecule has 2 amide bonds. The van der Waals surface area contributed by atoms with Crippen LogP contribution in [0.3, 0.4) is 0 Å². The maximum Gasteiger partial charge on any atom is 0.321 e. The van der Waals surface area contributed by atoms with Crippen LogP contribution in [0.4, 0.5) is 10.5 Å². The lowest BCUT2D eigenvalue weighted by Crippen LogP contribution is -2.40. The van der Waals surface area contributed by atoms with Crippen LogP contribution in [0.5, 0.6) is 0 Å². The number of hydrogen-bond acceptors (Lipinski definition) is 1. The van der Waals surface area contributed by atoms with Crippen LogP contribution in [0.2, 0.25) is 5.02 Å². The number of anilines is 1. The molecule has 0 atom stereocenters. The molecule has 1 N–H and O–H groups in total. The maximum atomic E-state index is 12.3. The summed E-state index contributed by atoms with van der Waals surface area (Å²) in [5, 5.41) is 3.70. The average Bonchev–Trinajstić information content (AvgIpc) is 2.50. The minimum Gasteiger partial charge on any atom is -0.337 e. The predicted molar refractivity (Wildman–Crippen MR) is 92.8 cm³/mol. The van der Waals surface area contributed by atoms with Gasteiger partial charge in [0, 0.05) is 23.8 Å². The summed E-state index contributed by atoms with van der Waals surface area (Å²) in [7, 11) is 0. The van der Waals surface area contributed by atoms with Crippen LogP contribution in [0, 0.1) is 6.92 Å². The Morgan fingerprint density at radius 3 is 2.55 bits per heavy atom. The third-order valence-corrected chi connectivity index (χ3v) is 3.73. The van der Waals surface area contributed by atoms with Crippen LogP contribution in [0.1, 0.15) is 18.1 Å². The Balaban J connectivity index is 1.91. The molecule has 116 valence electrons. The molecule has 2 rings (SSSR count). The highest BCUT2D eigenvalue weighted by molar-refractivity contribution is 6.30. The van der Waals surface area contributed by atoms with E-state index in [1.54, 1.807) is 4.90 Å². The molecule has 0 unspecified atom stereocenters. The minimum absolute atomic E-state index is 0.0675. The third kappa shape index (κ3) is 4.50. The van der Waals surface area contributed by atoms with Crippen molar-refractivity contribution >= 4 is 23.3 Å². The monoisotopic (exact) mass is 316 g/mol. The first-order chi connectivity index (χ1) is 10.6. The molecular weight excluding hydrogens is 296 g/mol. The van der Waals surface area contributed by atoms with E-state index in [1.807, 2.05) is 62.4 Å². The predicted octanol–water partition coefficient (Wildman–Crippen LogP) is 4.43. The molecule has 0 saturated heterocycles. The molecule has 4 heteroatoms. The van der Waals surface area contributed by atoms with Gasteiger partial charge in [0.1, 0.15) is 0 Å². The molecule has 0 fully saturated rings. The first-order valence-corrected chi connectivity index (χ1v) is 7.84. The molecule has 2 aromatic rings. The summed E-state index contributed by atoms with van der Waals surface area (Å²) in [4.78, 5) is 14.1. The highest BCUT2D eigenvalue weighted by atomic mass is 35.5. The molecule has 0 spiro atoms. The Bertz CT molecular complexity index is 625. The van der Waals surface area contributed by atoms with Gasteiger partial charge in [-0.3, -0.25) is 4.90 Å². The minimum atomic E-state index is -0.0675. The van der Waals surface area contributed by atoms with Crippen LogP contribution in [0.15, 0.2) is 48.5 Å². The number of carbonyl (C=O) groups is 1. The summed E-state index contributed by atoms with van der Waals surface area (Å²) in [5.41, 5.74) is 3.22. The van der Waals surface area contributed by atoms with Crippen molar-refractivity contribution in [3.63, 3.8) is 0 Å². The van der Waals surface area contributed by atoms with Gasteiger partial charge < -0.3 is 5.32 Å². The first-order valence-electron chi connectivity index (χ1n) is 7.46. The Morgan fingerprint density at radius 2 is 1.91 bits per heavy atom. The van der Waals surface area contributed by atoms with E-state index < -0.39 is 0 Å². The van der Waals surface area contributed by atoms with Crippen molar-refractivity contribution < 1.29 is 4.79 Å². The van der Waals surface area contributed by atoms with Gasteiger partial charge in [-0.05, 0) is 55.7 Å². The van der Waals surface area contributed by atoms with Gasteiger partial charge in [0.25, 0.3) is 0 Å². The van der Waals surface area contributed by atoms with E-state index in [0.717, 1.165) is 28.3 Å². The van der Waals surface area contributed by atoms with Gasteiger partial charge in [0.2, 0.25) is 0 Å². The van der Waals surface area contributed by atoms with Crippen LogP contribution < -0.4 is 10.2 Å². The van der Waals surface area contributed by atoms with Gasteiger partial charge in [-0.15, -0.1) is 0 Å². The summed E-state index contributed by atoms with van der Waals surface area (Å²) in [6, 6.07) is 15.6. The molecule has 0 aliphatic carbocycles. The number of aryl methyl sites for hydroxylation is 1. The number of nitrogens with zero attached hydrogens (tertiary/aromatic N) is 1. The van der Waals surface area contributed by atoms with Crippen LogP contribution in [-0.4, -0.2) is 19.1 Å². The van der Waals surface area contributed by atoms with E-state index in [9.17, 15) is 4.79 Å². The van der Waals surface area contributed by atoms with Crippen LogP contribution >= 0.6 is 11.6 Å². The summed E-state index contributed by atoms with van der Waals surface area (Å²) in [6.07, 6.45) is 0.786. The number of halogens is 1. The lowest BCUT2D eigenvalue weighted by Gasteiger charge is -2.22. The zero-order valence-corrected chi connectivity index (χ0v) is 13.7. The lowest BCUT2D eigenvalue weighted by atomic mass is 10.1. The van der Waals surface area contributed by atoms with Gasteiger partial charge in [-0.25, -0.2) is 4.79 Å². The highest BCUT2D eigenvalue weighted by Gasteiger charge is 2.13. The molecule has 0 bridgehead atoms. The van der Waals surface area contributed by atoms with E-state index in [0.29, 0.717) is 13.1 Å². The van der Waals surface area contributed by atoms with E-state index in [-0.39, 0.29) is 6.03 Å². The summed E-state index contributed by atoms with van der Waals surface area (Å²) >= 11 is 5.86. The lowest BCUT2D eigenvalue weighted by molar-refractivity contribution is 0.246. The van der Waals surface area contributed by atoms with E-state index in [1.165, 1.54) is 0 Å². The zero-order valence-electron chi connectivity index (χ0n) is 13.0. The fourth-order valence-electron chi connectivity index (χ4n) is 2.30. The second-order valence-electron chi connectivity index (χ2n) is 5.19. The van der Waals surface area contributed by atoms with Crippen molar-refractivity contribution in [3.8, 4) is 0 Å². The molecule has 0 aromatic heterocycles. The second-order valence-corrected chi connectivity index (χ2v) is 5.63. The van der Waals surface area contributed by atoms with Crippen molar-refractivity contribution in [1.82, 2.24) is 5.32 Å². The SMILES string of the molecule is CCN(C(=O)NCCc1ccc(Cl)cc1)c1cccc(C)c1. The first kappa shape index (κ1) is 16.4. The molecule has 0 aliphatic heterocycles. The van der Waals surface area contributed by atoms with E-state index in [2.05, 4.69) is 5.32 Å². The van der Waals surface area contributed by atoms with Gasteiger partial charge in [0.15, 0.2) is 0 Å². The van der Waals surface area contributed by atoms with E-state index in [4.69, 9.17) is 11.6 Å². The normalized spacial score (nSPS) is 10.3. The number of carbonyl (C=O) groups excluding carboxylic acids is 1. The van der Waals surface area contributed by atoms with Crippen LogP contribution in [-0.2, 0) is 6.42 Å². The summed E-state index contributed by atoms with van der Waals surface area (Å²) < 4.78 is 0. The fraction of sp³-hybridized carbons (Fsp3) is 0.278. The van der Waals surface area contributed by atoms with Crippen LogP contribution in [0.25, 0.3) is 0 Å². The smallest absolute Gasteiger partial charge is 0.321 e. The van der Waals surface area contributed by atoms with Crippen molar-refractivity contribution in [3.05, 3.63) is 64.7 Å². The fourth-order valence-corrected chi connectivity index (χ4v) is 2.43. The molecule has 0 saturated carbocycles. The number of benzene rings is 2. The molecule has 2 aromatic carbocycles. The Hall–Kier alpha value is -2.00. The maximum absolute atomic E-state index is 12.3. The van der Waals surface area contributed by atoms with Crippen molar-refractivity contribution in [2.75, 3.05) is 18.0 Å². The summed E-state index contributed by atoms with van der Waals surface area (Å²) in [5.74, 6) is 0. The molecule has 0 heterocycles. The van der Waals surface area contributed by atoms with Gasteiger partial charge in [-0.2, -0.15) is 0 Å². The van der Waals surface area contributed by atoms with E-state index >= 15 is 0 Å². The van der Waals surface area contributed by atoms with Crippen molar-refractivity contribution in [2.24, 2.45) is 0 Å². The molecule has 3 nitrogen and oxygen atoms in total. The average molecular weight is 317 g/mol. The quantitative estimate of drug-likeness (QED) is 0.869. The molecule has 0 aliphatic rings. The Morgan fingerprint density at radius 1 is 1.18 bits per heavy atom. The second kappa shape index (κ2) is 7.85. The van der Waals surface area contributed by atoms with Gasteiger partial charge in [0.05, 0.1) is 0 Å². The van der Waals surface area contributed by atoms with Gasteiger partial charge >= 0.3 is 6.03 Å². The number of urea groups is 1. The molecule has 22 heavy (non-hydrogen) atoms. The van der Waals surface area contributed by atoms with Crippen molar-refractivity contribution in [1.29, 1.82) is 0 Å². The standard InChI is InChI=1S/C18H21ClN2O/c1-3-21(17-6-4-5-14(2)13-17)18(22)20-12-11-15-7-9-16(19)10-8-15/h4-10,13H,3,11-12H2,1-2H3,(H,20,22). The number of rotatable bonds is 5. The Kier molecular flexibility index (Phi) is 5.84. The third-order valence-electron chi connectivity index (χ3n) is 3.48. The number of nitrogens with one attached hydrogen (secondary N) is 1. The largest absolute Gasteiger partial charge is 0.337 e.